The molecular formula is C15H15NO. The fourth-order valence-electron chi connectivity index (χ4n) is 2.29. The van der Waals surface area contributed by atoms with Gasteiger partial charge in [0.05, 0.1) is 7.11 Å². The Bertz CT molecular complexity index is 548. The largest absolute Gasteiger partial charge is 0.497 e. The zero-order chi connectivity index (χ0) is 11.7. The van der Waals surface area contributed by atoms with Crippen LogP contribution in [0.1, 0.15) is 5.56 Å². The van der Waals surface area contributed by atoms with E-state index in [1.807, 2.05) is 12.1 Å². The highest BCUT2D eigenvalue weighted by molar-refractivity contribution is 5.70. The summed E-state index contributed by atoms with van der Waals surface area (Å²) in [6.07, 6.45) is 1.12. The Labute approximate surface area is 101 Å². The molecule has 0 aliphatic carbocycles. The molecule has 0 unspecified atom stereocenters. The summed E-state index contributed by atoms with van der Waals surface area (Å²) in [5, 5.41) is 3.38. The molecule has 3 rings (SSSR count). The van der Waals surface area contributed by atoms with E-state index < -0.39 is 0 Å². The number of methoxy groups -OCH3 is 1. The van der Waals surface area contributed by atoms with Crippen LogP contribution in [0.25, 0.3) is 11.1 Å². The van der Waals surface area contributed by atoms with E-state index in [4.69, 9.17) is 4.74 Å². The average Bonchev–Trinajstić information content (AvgIpc) is 2.86. The Hall–Kier alpha value is -1.96. The summed E-state index contributed by atoms with van der Waals surface area (Å²) in [5.74, 6) is 0.904. The van der Waals surface area contributed by atoms with Crippen LogP contribution in [-0.4, -0.2) is 13.7 Å². The zero-order valence-corrected chi connectivity index (χ0v) is 9.86. The molecule has 0 saturated heterocycles. The van der Waals surface area contributed by atoms with Crippen LogP contribution in [0.5, 0.6) is 5.75 Å². The van der Waals surface area contributed by atoms with Crippen molar-refractivity contribution in [2.24, 2.45) is 0 Å². The van der Waals surface area contributed by atoms with E-state index in [1.54, 1.807) is 7.11 Å². The molecule has 0 aromatic heterocycles. The van der Waals surface area contributed by atoms with Gasteiger partial charge in [-0.25, -0.2) is 0 Å². The predicted octanol–water partition coefficient (Wildman–Crippen LogP) is 3.33. The minimum absolute atomic E-state index is 0.904. The van der Waals surface area contributed by atoms with E-state index in [0.717, 1.165) is 18.7 Å². The van der Waals surface area contributed by atoms with Crippen LogP contribution in [-0.2, 0) is 6.42 Å². The lowest BCUT2D eigenvalue weighted by molar-refractivity contribution is 0.415. The lowest BCUT2D eigenvalue weighted by Crippen LogP contribution is -1.90. The van der Waals surface area contributed by atoms with Gasteiger partial charge < -0.3 is 10.1 Å². The van der Waals surface area contributed by atoms with Gasteiger partial charge >= 0.3 is 0 Å². The Balaban J connectivity index is 2.03. The standard InChI is InChI=1S/C15H15NO/c1-17-14-4-2-3-11(10-14)12-5-6-15-13(9-12)7-8-16-15/h2-6,9-10,16H,7-8H2,1H3. The molecule has 86 valence electrons. The molecule has 0 spiro atoms. The number of ether oxygens (including phenoxy) is 1. The van der Waals surface area contributed by atoms with Gasteiger partial charge in [0.25, 0.3) is 0 Å². The van der Waals surface area contributed by atoms with Crippen molar-refractivity contribution in [1.29, 1.82) is 0 Å². The molecule has 1 aliphatic heterocycles. The van der Waals surface area contributed by atoms with Crippen LogP contribution in [0, 0.1) is 0 Å². The van der Waals surface area contributed by atoms with Crippen LogP contribution >= 0.6 is 0 Å². The minimum atomic E-state index is 0.904. The van der Waals surface area contributed by atoms with Crippen LogP contribution in [0.4, 0.5) is 5.69 Å². The van der Waals surface area contributed by atoms with E-state index in [-0.39, 0.29) is 0 Å². The summed E-state index contributed by atoms with van der Waals surface area (Å²) in [6.45, 7) is 1.05. The third kappa shape index (κ3) is 1.86. The van der Waals surface area contributed by atoms with Gasteiger partial charge in [-0.1, -0.05) is 18.2 Å². The van der Waals surface area contributed by atoms with Gasteiger partial charge in [0.2, 0.25) is 0 Å². The Kier molecular flexibility index (Phi) is 2.48. The number of fused-ring (bicyclic) bond motifs is 1. The van der Waals surface area contributed by atoms with Crippen molar-refractivity contribution in [1.82, 2.24) is 0 Å². The second-order valence-electron chi connectivity index (χ2n) is 4.28. The highest BCUT2D eigenvalue weighted by Gasteiger charge is 2.10. The van der Waals surface area contributed by atoms with E-state index in [9.17, 15) is 0 Å². The number of rotatable bonds is 2. The molecule has 0 amide bonds. The van der Waals surface area contributed by atoms with Gasteiger partial charge in [-0.15, -0.1) is 0 Å². The van der Waals surface area contributed by atoms with Crippen LogP contribution in [0.15, 0.2) is 42.5 Å². The molecule has 0 saturated carbocycles. The summed E-state index contributed by atoms with van der Waals surface area (Å²) >= 11 is 0. The Morgan fingerprint density at radius 3 is 2.82 bits per heavy atom. The predicted molar refractivity (Wildman–Crippen MR) is 70.6 cm³/mol. The minimum Gasteiger partial charge on any atom is -0.497 e. The van der Waals surface area contributed by atoms with E-state index in [0.29, 0.717) is 0 Å². The summed E-state index contributed by atoms with van der Waals surface area (Å²) in [5.41, 5.74) is 5.15. The summed E-state index contributed by atoms with van der Waals surface area (Å²) in [7, 11) is 1.70. The fourth-order valence-corrected chi connectivity index (χ4v) is 2.29. The molecule has 0 radical (unpaired) electrons. The second kappa shape index (κ2) is 4.13. The number of benzene rings is 2. The molecule has 17 heavy (non-hydrogen) atoms. The van der Waals surface area contributed by atoms with Crippen LogP contribution in [0.3, 0.4) is 0 Å². The summed E-state index contributed by atoms with van der Waals surface area (Å²) in [6, 6.07) is 14.8. The molecule has 0 bridgehead atoms. The number of nitrogens with one attached hydrogen (secondary N) is 1. The zero-order valence-electron chi connectivity index (χ0n) is 9.86. The van der Waals surface area contributed by atoms with Gasteiger partial charge in [-0.05, 0) is 47.4 Å². The molecule has 1 heterocycles. The summed E-state index contributed by atoms with van der Waals surface area (Å²) in [4.78, 5) is 0. The van der Waals surface area contributed by atoms with E-state index >= 15 is 0 Å². The molecule has 2 aromatic carbocycles. The highest BCUT2D eigenvalue weighted by atomic mass is 16.5. The first-order valence-electron chi connectivity index (χ1n) is 5.88. The maximum atomic E-state index is 5.26. The maximum absolute atomic E-state index is 5.26. The van der Waals surface area contributed by atoms with Crippen molar-refractivity contribution in [3.63, 3.8) is 0 Å². The topological polar surface area (TPSA) is 21.3 Å². The van der Waals surface area contributed by atoms with Gasteiger partial charge in [-0.3, -0.25) is 0 Å². The van der Waals surface area contributed by atoms with Gasteiger partial charge in [0.1, 0.15) is 5.75 Å². The molecule has 0 fully saturated rings. The molecule has 0 atom stereocenters. The first kappa shape index (κ1) is 10.2. The molecule has 2 heteroatoms. The van der Waals surface area contributed by atoms with E-state index in [2.05, 4.69) is 35.6 Å². The van der Waals surface area contributed by atoms with Gasteiger partial charge in [-0.2, -0.15) is 0 Å². The molecule has 2 aromatic rings. The van der Waals surface area contributed by atoms with E-state index in [1.165, 1.54) is 22.4 Å². The van der Waals surface area contributed by atoms with Crippen molar-refractivity contribution in [2.45, 2.75) is 6.42 Å². The van der Waals surface area contributed by atoms with Crippen molar-refractivity contribution in [2.75, 3.05) is 19.0 Å². The average molecular weight is 225 g/mol. The van der Waals surface area contributed by atoms with Crippen LogP contribution < -0.4 is 10.1 Å². The lowest BCUT2D eigenvalue weighted by Gasteiger charge is -2.07. The molecule has 1 N–H and O–H groups in total. The fraction of sp³-hybridized carbons (Fsp3) is 0.200. The third-order valence-electron chi connectivity index (χ3n) is 3.22. The SMILES string of the molecule is COc1cccc(-c2ccc3c(c2)CCN3)c1. The molecular weight excluding hydrogens is 210 g/mol. The number of hydrogen-bond donors (Lipinski definition) is 1. The Morgan fingerprint density at radius 1 is 1.06 bits per heavy atom. The number of anilines is 1. The lowest BCUT2D eigenvalue weighted by atomic mass is 10.0. The maximum Gasteiger partial charge on any atom is 0.119 e. The number of hydrogen-bond acceptors (Lipinski definition) is 2. The van der Waals surface area contributed by atoms with Crippen molar-refractivity contribution >= 4 is 5.69 Å². The van der Waals surface area contributed by atoms with Crippen LogP contribution in [0.2, 0.25) is 0 Å². The summed E-state index contributed by atoms with van der Waals surface area (Å²) < 4.78 is 5.26. The van der Waals surface area contributed by atoms with Crippen molar-refractivity contribution in [3.8, 4) is 16.9 Å². The Morgan fingerprint density at radius 2 is 1.94 bits per heavy atom. The monoisotopic (exact) mass is 225 g/mol. The molecule has 1 aliphatic rings. The molecule has 2 nitrogen and oxygen atoms in total. The normalized spacial score (nSPS) is 13.0. The first-order valence-corrected chi connectivity index (χ1v) is 5.88. The quantitative estimate of drug-likeness (QED) is 0.846. The van der Waals surface area contributed by atoms with Crippen molar-refractivity contribution < 1.29 is 4.74 Å². The first-order chi connectivity index (χ1) is 8.36. The second-order valence-corrected chi connectivity index (χ2v) is 4.28. The van der Waals surface area contributed by atoms with Gasteiger partial charge in [0.15, 0.2) is 0 Å². The van der Waals surface area contributed by atoms with Gasteiger partial charge in [0, 0.05) is 12.2 Å². The smallest absolute Gasteiger partial charge is 0.119 e. The third-order valence-corrected chi connectivity index (χ3v) is 3.22. The van der Waals surface area contributed by atoms with Crippen molar-refractivity contribution in [3.05, 3.63) is 48.0 Å². The highest BCUT2D eigenvalue weighted by Crippen LogP contribution is 2.29.